The Morgan fingerprint density at radius 3 is 2.55 bits per heavy atom. The van der Waals surface area contributed by atoms with Crippen LogP contribution < -0.4 is 19.7 Å². The maximum atomic E-state index is 12.7. The number of fused-ring (bicyclic) bond motifs is 1. The molecule has 1 saturated carbocycles. The van der Waals surface area contributed by atoms with Crippen LogP contribution in [-0.2, 0) is 19.6 Å². The van der Waals surface area contributed by atoms with Crippen molar-refractivity contribution in [1.29, 1.82) is 0 Å². The van der Waals surface area contributed by atoms with Gasteiger partial charge >= 0.3 is 0 Å². The van der Waals surface area contributed by atoms with Gasteiger partial charge in [-0.2, -0.15) is 0 Å². The number of ether oxygens (including phenoxy) is 1. The number of sulfonamides is 1. The molecule has 0 radical (unpaired) electrons. The van der Waals surface area contributed by atoms with Crippen molar-refractivity contribution in [2.45, 2.75) is 43.5 Å². The molecule has 2 aromatic carbocycles. The van der Waals surface area contributed by atoms with E-state index in [1.54, 1.807) is 12.1 Å². The first kappa shape index (κ1) is 21.3. The van der Waals surface area contributed by atoms with Gasteiger partial charge in [-0.1, -0.05) is 30.5 Å². The van der Waals surface area contributed by atoms with Gasteiger partial charge in [0.15, 0.2) is 6.61 Å². The molecule has 9 heteroatoms. The van der Waals surface area contributed by atoms with E-state index in [0.717, 1.165) is 31.2 Å². The lowest BCUT2D eigenvalue weighted by Gasteiger charge is -2.29. The Hall–Kier alpha value is -2.91. The fourth-order valence-electron chi connectivity index (χ4n) is 3.84. The molecular formula is C22H25N3O5S. The quantitative estimate of drug-likeness (QED) is 0.714. The number of hydrogen-bond donors (Lipinski definition) is 2. The van der Waals surface area contributed by atoms with Crippen LogP contribution in [0.2, 0.25) is 0 Å². The topological polar surface area (TPSA) is 105 Å². The fourth-order valence-corrected chi connectivity index (χ4v) is 5.16. The maximum absolute atomic E-state index is 12.7. The van der Waals surface area contributed by atoms with Crippen molar-refractivity contribution in [3.05, 3.63) is 48.0 Å². The smallest absolute Gasteiger partial charge is 0.265 e. The van der Waals surface area contributed by atoms with Crippen molar-refractivity contribution >= 4 is 33.2 Å². The Balaban J connectivity index is 1.50. The highest BCUT2D eigenvalue weighted by Crippen LogP contribution is 2.34. The second-order valence-corrected chi connectivity index (χ2v) is 9.63. The summed E-state index contributed by atoms with van der Waals surface area (Å²) in [5, 5.41) is 2.76. The summed E-state index contributed by atoms with van der Waals surface area (Å²) in [5.74, 6) is -0.465. The van der Waals surface area contributed by atoms with Crippen LogP contribution in [0.15, 0.2) is 47.4 Å². The predicted octanol–water partition coefficient (Wildman–Crippen LogP) is 2.58. The van der Waals surface area contributed by atoms with Crippen LogP contribution in [0.4, 0.5) is 11.4 Å². The number of nitrogens with one attached hydrogen (secondary N) is 2. The van der Waals surface area contributed by atoms with Crippen LogP contribution in [0, 0.1) is 6.92 Å². The molecule has 1 aliphatic heterocycles. The third-order valence-corrected chi connectivity index (χ3v) is 7.02. The van der Waals surface area contributed by atoms with Gasteiger partial charge in [-0.05, 0) is 44.0 Å². The molecule has 2 N–H and O–H groups in total. The number of carbonyl (C=O) groups excluding carboxylic acids is 2. The first-order valence-electron chi connectivity index (χ1n) is 10.3. The molecule has 0 spiro atoms. The molecule has 8 nitrogen and oxygen atoms in total. The molecule has 2 aliphatic rings. The van der Waals surface area contributed by atoms with Crippen molar-refractivity contribution < 1.29 is 22.7 Å². The minimum absolute atomic E-state index is 0.0505. The second kappa shape index (κ2) is 8.68. The molecular weight excluding hydrogens is 418 g/mol. The lowest BCUT2D eigenvalue weighted by atomic mass is 10.2. The van der Waals surface area contributed by atoms with Crippen molar-refractivity contribution in [1.82, 2.24) is 4.72 Å². The highest BCUT2D eigenvalue weighted by atomic mass is 32.2. The van der Waals surface area contributed by atoms with Gasteiger partial charge in [-0.25, -0.2) is 13.1 Å². The lowest BCUT2D eigenvalue weighted by Crippen LogP contribution is -2.43. The summed E-state index contributed by atoms with van der Waals surface area (Å²) in [6.07, 6.45) is 3.70. The molecule has 2 aromatic rings. The van der Waals surface area contributed by atoms with Crippen LogP contribution in [-0.4, -0.2) is 39.4 Å². The van der Waals surface area contributed by atoms with Crippen LogP contribution in [0.25, 0.3) is 0 Å². The average Bonchev–Trinajstić information content (AvgIpc) is 3.24. The Labute approximate surface area is 181 Å². The van der Waals surface area contributed by atoms with E-state index in [0.29, 0.717) is 11.4 Å². The lowest BCUT2D eigenvalue weighted by molar-refractivity contribution is -0.123. The Bertz CT molecular complexity index is 1090. The maximum Gasteiger partial charge on any atom is 0.265 e. The summed E-state index contributed by atoms with van der Waals surface area (Å²) in [6, 6.07) is 11.6. The van der Waals surface area contributed by atoms with Crippen molar-refractivity contribution in [3.63, 3.8) is 0 Å². The van der Waals surface area contributed by atoms with Crippen molar-refractivity contribution in [3.8, 4) is 5.75 Å². The second-order valence-electron chi connectivity index (χ2n) is 7.91. The minimum atomic E-state index is -3.69. The molecule has 0 saturated heterocycles. The third kappa shape index (κ3) is 4.88. The molecule has 31 heavy (non-hydrogen) atoms. The monoisotopic (exact) mass is 443 g/mol. The van der Waals surface area contributed by atoms with Gasteiger partial charge in [0, 0.05) is 17.8 Å². The summed E-state index contributed by atoms with van der Waals surface area (Å²) >= 11 is 0. The summed E-state index contributed by atoms with van der Waals surface area (Å²) in [6.45, 7) is 1.49. The normalized spacial score (nSPS) is 16.7. The average molecular weight is 444 g/mol. The first-order valence-corrected chi connectivity index (χ1v) is 11.8. The highest BCUT2D eigenvalue weighted by Gasteiger charge is 2.30. The Kier molecular flexibility index (Phi) is 5.97. The minimum Gasteiger partial charge on any atom is -0.482 e. The van der Waals surface area contributed by atoms with Gasteiger partial charge in [0.1, 0.15) is 12.3 Å². The van der Waals surface area contributed by atoms with Crippen LogP contribution in [0.5, 0.6) is 5.75 Å². The van der Waals surface area contributed by atoms with Crippen molar-refractivity contribution in [2.75, 3.05) is 23.4 Å². The molecule has 0 bridgehead atoms. The number of carbonyl (C=O) groups is 2. The predicted molar refractivity (Wildman–Crippen MR) is 117 cm³/mol. The molecule has 1 aliphatic carbocycles. The van der Waals surface area contributed by atoms with E-state index >= 15 is 0 Å². The fraction of sp³-hybridized carbons (Fsp3) is 0.364. The first-order chi connectivity index (χ1) is 14.8. The largest absolute Gasteiger partial charge is 0.482 e. The molecule has 0 atom stereocenters. The number of hydrogen-bond acceptors (Lipinski definition) is 5. The SMILES string of the molecule is Cc1ccc(NC(=O)CN2C(=O)COc3cc(S(=O)(=O)NC4CCCC4)ccc32)cc1. The molecule has 164 valence electrons. The summed E-state index contributed by atoms with van der Waals surface area (Å²) < 4.78 is 33.6. The molecule has 1 fully saturated rings. The van der Waals surface area contributed by atoms with Gasteiger partial charge in [-0.15, -0.1) is 0 Å². The van der Waals surface area contributed by atoms with Gasteiger partial charge in [0.25, 0.3) is 5.91 Å². The van der Waals surface area contributed by atoms with Gasteiger partial charge in [-0.3, -0.25) is 14.5 Å². The summed E-state index contributed by atoms with van der Waals surface area (Å²) in [5.41, 5.74) is 2.08. The number of benzene rings is 2. The highest BCUT2D eigenvalue weighted by molar-refractivity contribution is 7.89. The van der Waals surface area contributed by atoms with Gasteiger partial charge in [0.2, 0.25) is 15.9 Å². The van der Waals surface area contributed by atoms with E-state index in [-0.39, 0.29) is 41.7 Å². The molecule has 1 heterocycles. The van der Waals surface area contributed by atoms with Gasteiger partial charge < -0.3 is 10.1 Å². The van der Waals surface area contributed by atoms with Crippen LogP contribution in [0.3, 0.4) is 0 Å². The van der Waals surface area contributed by atoms with E-state index in [1.807, 2.05) is 19.1 Å². The zero-order valence-corrected chi connectivity index (χ0v) is 18.1. The number of nitrogens with zero attached hydrogens (tertiary/aromatic N) is 1. The van der Waals surface area contributed by atoms with E-state index in [2.05, 4.69) is 10.0 Å². The summed E-state index contributed by atoms with van der Waals surface area (Å²) in [4.78, 5) is 26.3. The number of anilines is 2. The molecule has 2 amide bonds. The Morgan fingerprint density at radius 1 is 1.13 bits per heavy atom. The van der Waals surface area contributed by atoms with E-state index in [4.69, 9.17) is 4.74 Å². The zero-order chi connectivity index (χ0) is 22.0. The van der Waals surface area contributed by atoms with E-state index in [9.17, 15) is 18.0 Å². The Morgan fingerprint density at radius 2 is 1.84 bits per heavy atom. The number of aryl methyl sites for hydroxylation is 1. The molecule has 4 rings (SSSR count). The van der Waals surface area contributed by atoms with Crippen LogP contribution in [0.1, 0.15) is 31.2 Å². The number of rotatable bonds is 6. The standard InChI is InChI=1S/C22H25N3O5S/c1-15-6-8-16(9-7-15)23-21(26)13-25-19-11-10-18(12-20(19)30-14-22(25)27)31(28,29)24-17-4-2-3-5-17/h6-12,17,24H,2-5,13-14H2,1H3,(H,23,26). The van der Waals surface area contributed by atoms with Crippen molar-refractivity contribution in [2.24, 2.45) is 0 Å². The van der Waals surface area contributed by atoms with Crippen LogP contribution >= 0.6 is 0 Å². The number of amides is 2. The van der Waals surface area contributed by atoms with Gasteiger partial charge in [0.05, 0.1) is 10.6 Å². The van der Waals surface area contributed by atoms with E-state index in [1.165, 1.54) is 23.1 Å². The third-order valence-electron chi connectivity index (χ3n) is 5.50. The summed E-state index contributed by atoms with van der Waals surface area (Å²) in [7, 11) is -3.69. The zero-order valence-electron chi connectivity index (χ0n) is 17.3. The molecule has 0 unspecified atom stereocenters. The van der Waals surface area contributed by atoms with E-state index < -0.39 is 10.0 Å². The molecule has 0 aromatic heterocycles.